The summed E-state index contributed by atoms with van der Waals surface area (Å²) in [5.41, 5.74) is 0.776. The molecule has 1 heterocycles. The molecule has 0 radical (unpaired) electrons. The van der Waals surface area contributed by atoms with Crippen molar-refractivity contribution in [2.75, 3.05) is 18.4 Å². The Kier molecular flexibility index (Phi) is 7.79. The molecule has 1 aromatic carbocycles. The number of nitrogens with one attached hydrogen (secondary N) is 3. The molecule has 0 bridgehead atoms. The standard InChI is InChI=1S/C15H21N3O2.ClH/c19-14(18-12-6-2-1-3-7-12)9-11-17-15(20)13-8-4-5-10-16-13;/h1-3,6-7,13,16H,4-5,8-11H2,(H,17,20)(H,18,19);1H. The topological polar surface area (TPSA) is 70.2 Å². The minimum absolute atomic E-state index is 0. The zero-order valence-electron chi connectivity index (χ0n) is 11.9. The summed E-state index contributed by atoms with van der Waals surface area (Å²) in [6.07, 6.45) is 3.37. The summed E-state index contributed by atoms with van der Waals surface area (Å²) >= 11 is 0. The summed E-state index contributed by atoms with van der Waals surface area (Å²) in [5.74, 6) is -0.0923. The Morgan fingerprint density at radius 1 is 1.19 bits per heavy atom. The van der Waals surface area contributed by atoms with Crippen molar-refractivity contribution in [3.8, 4) is 0 Å². The molecule has 3 N–H and O–H groups in total. The van der Waals surface area contributed by atoms with Crippen molar-refractivity contribution in [2.24, 2.45) is 0 Å². The third-order valence-electron chi connectivity index (χ3n) is 3.34. The van der Waals surface area contributed by atoms with Crippen molar-refractivity contribution < 1.29 is 9.59 Å². The highest BCUT2D eigenvalue weighted by atomic mass is 35.5. The summed E-state index contributed by atoms with van der Waals surface area (Å²) in [6.45, 7) is 1.27. The van der Waals surface area contributed by atoms with Gasteiger partial charge in [-0.25, -0.2) is 0 Å². The third kappa shape index (κ3) is 6.14. The van der Waals surface area contributed by atoms with Crippen molar-refractivity contribution in [2.45, 2.75) is 31.7 Å². The zero-order valence-corrected chi connectivity index (χ0v) is 12.7. The molecule has 1 aromatic rings. The van der Waals surface area contributed by atoms with E-state index >= 15 is 0 Å². The Hall–Kier alpha value is -1.59. The van der Waals surface area contributed by atoms with E-state index in [2.05, 4.69) is 16.0 Å². The van der Waals surface area contributed by atoms with Crippen molar-refractivity contribution in [3.05, 3.63) is 30.3 Å². The van der Waals surface area contributed by atoms with Crippen LogP contribution in [-0.4, -0.2) is 30.9 Å². The van der Waals surface area contributed by atoms with Crippen molar-refractivity contribution in [1.82, 2.24) is 10.6 Å². The van der Waals surface area contributed by atoms with Gasteiger partial charge in [-0.1, -0.05) is 24.6 Å². The van der Waals surface area contributed by atoms with E-state index in [1.807, 2.05) is 30.3 Å². The highest BCUT2D eigenvalue weighted by Gasteiger charge is 2.19. The van der Waals surface area contributed by atoms with Crippen LogP contribution in [0.15, 0.2) is 30.3 Å². The largest absolute Gasteiger partial charge is 0.354 e. The van der Waals surface area contributed by atoms with Gasteiger partial charge in [0.1, 0.15) is 0 Å². The summed E-state index contributed by atoms with van der Waals surface area (Å²) in [5, 5.41) is 8.78. The summed E-state index contributed by atoms with van der Waals surface area (Å²) in [6, 6.07) is 9.21. The highest BCUT2D eigenvalue weighted by molar-refractivity contribution is 5.91. The average Bonchev–Trinajstić information content (AvgIpc) is 2.49. The first-order valence-electron chi connectivity index (χ1n) is 7.12. The Labute approximate surface area is 131 Å². The number of amides is 2. The average molecular weight is 312 g/mol. The van der Waals surface area contributed by atoms with Crippen LogP contribution in [0.2, 0.25) is 0 Å². The third-order valence-corrected chi connectivity index (χ3v) is 3.34. The lowest BCUT2D eigenvalue weighted by molar-refractivity contribution is -0.123. The number of para-hydroxylation sites is 1. The van der Waals surface area contributed by atoms with Crippen molar-refractivity contribution in [1.29, 1.82) is 0 Å². The molecule has 2 amide bonds. The van der Waals surface area contributed by atoms with Crippen LogP contribution in [0.3, 0.4) is 0 Å². The molecule has 1 atom stereocenters. The van der Waals surface area contributed by atoms with E-state index in [0.717, 1.165) is 31.5 Å². The molecular weight excluding hydrogens is 290 g/mol. The molecule has 1 aliphatic rings. The van der Waals surface area contributed by atoms with Gasteiger partial charge in [-0.15, -0.1) is 12.4 Å². The van der Waals surface area contributed by atoms with Crippen molar-refractivity contribution in [3.63, 3.8) is 0 Å². The summed E-state index contributed by atoms with van der Waals surface area (Å²) in [4.78, 5) is 23.5. The molecule has 1 unspecified atom stereocenters. The number of carbonyl (C=O) groups is 2. The van der Waals surface area contributed by atoms with Crippen LogP contribution in [0.4, 0.5) is 5.69 Å². The second-order valence-corrected chi connectivity index (χ2v) is 4.96. The smallest absolute Gasteiger partial charge is 0.237 e. The second kappa shape index (κ2) is 9.37. The normalized spacial score (nSPS) is 17.4. The number of benzene rings is 1. The Morgan fingerprint density at radius 3 is 2.62 bits per heavy atom. The number of rotatable bonds is 5. The van der Waals surface area contributed by atoms with Gasteiger partial charge in [0, 0.05) is 18.7 Å². The minimum atomic E-state index is -0.0964. The van der Waals surface area contributed by atoms with Gasteiger partial charge in [0.25, 0.3) is 0 Å². The molecule has 1 fully saturated rings. The van der Waals surface area contributed by atoms with E-state index in [1.165, 1.54) is 0 Å². The molecule has 0 aromatic heterocycles. The van der Waals surface area contributed by atoms with Crippen LogP contribution in [-0.2, 0) is 9.59 Å². The van der Waals surface area contributed by atoms with E-state index in [-0.39, 0.29) is 36.7 Å². The monoisotopic (exact) mass is 311 g/mol. The molecule has 6 heteroatoms. The van der Waals surface area contributed by atoms with Gasteiger partial charge in [-0.2, -0.15) is 0 Å². The molecule has 1 saturated heterocycles. The first-order chi connectivity index (χ1) is 9.75. The first kappa shape index (κ1) is 17.5. The van der Waals surface area contributed by atoms with Crippen LogP contribution in [0.1, 0.15) is 25.7 Å². The van der Waals surface area contributed by atoms with Crippen LogP contribution in [0.5, 0.6) is 0 Å². The molecule has 0 spiro atoms. The van der Waals surface area contributed by atoms with E-state index in [4.69, 9.17) is 0 Å². The van der Waals surface area contributed by atoms with Gasteiger partial charge in [0.05, 0.1) is 6.04 Å². The molecule has 2 rings (SSSR count). The fourth-order valence-corrected chi connectivity index (χ4v) is 2.24. The Bertz CT molecular complexity index is 447. The molecule has 21 heavy (non-hydrogen) atoms. The number of halogens is 1. The lowest BCUT2D eigenvalue weighted by atomic mass is 10.0. The molecule has 0 aliphatic carbocycles. The quantitative estimate of drug-likeness (QED) is 0.775. The van der Waals surface area contributed by atoms with E-state index in [1.54, 1.807) is 0 Å². The van der Waals surface area contributed by atoms with Gasteiger partial charge in [0.2, 0.25) is 11.8 Å². The van der Waals surface area contributed by atoms with Gasteiger partial charge in [0.15, 0.2) is 0 Å². The first-order valence-corrected chi connectivity index (χ1v) is 7.12. The lowest BCUT2D eigenvalue weighted by Crippen LogP contribution is -2.47. The minimum Gasteiger partial charge on any atom is -0.354 e. The maximum atomic E-state index is 11.8. The van der Waals surface area contributed by atoms with Gasteiger partial charge in [-0.3, -0.25) is 9.59 Å². The van der Waals surface area contributed by atoms with E-state index < -0.39 is 0 Å². The summed E-state index contributed by atoms with van der Waals surface area (Å²) in [7, 11) is 0. The second-order valence-electron chi connectivity index (χ2n) is 4.96. The van der Waals surface area contributed by atoms with Crippen LogP contribution in [0.25, 0.3) is 0 Å². The van der Waals surface area contributed by atoms with E-state index in [0.29, 0.717) is 6.54 Å². The predicted molar refractivity (Wildman–Crippen MR) is 85.6 cm³/mol. The van der Waals surface area contributed by atoms with Crippen LogP contribution >= 0.6 is 12.4 Å². The number of anilines is 1. The summed E-state index contributed by atoms with van der Waals surface area (Å²) < 4.78 is 0. The number of carbonyl (C=O) groups excluding carboxylic acids is 2. The number of hydrogen-bond acceptors (Lipinski definition) is 3. The van der Waals surface area contributed by atoms with Gasteiger partial charge in [-0.05, 0) is 31.5 Å². The van der Waals surface area contributed by atoms with Crippen LogP contribution in [0, 0.1) is 0 Å². The molecular formula is C15H22ClN3O2. The molecule has 1 aliphatic heterocycles. The van der Waals surface area contributed by atoms with Crippen LogP contribution < -0.4 is 16.0 Å². The maximum Gasteiger partial charge on any atom is 0.237 e. The zero-order chi connectivity index (χ0) is 14.2. The lowest BCUT2D eigenvalue weighted by Gasteiger charge is -2.22. The number of hydrogen-bond donors (Lipinski definition) is 3. The molecule has 116 valence electrons. The Morgan fingerprint density at radius 2 is 1.95 bits per heavy atom. The van der Waals surface area contributed by atoms with Crippen molar-refractivity contribution >= 4 is 29.9 Å². The molecule has 0 saturated carbocycles. The highest BCUT2D eigenvalue weighted by Crippen LogP contribution is 2.07. The Balaban J connectivity index is 0.00000220. The maximum absolute atomic E-state index is 11.8. The number of piperidine rings is 1. The van der Waals surface area contributed by atoms with E-state index in [9.17, 15) is 9.59 Å². The van der Waals surface area contributed by atoms with Gasteiger partial charge >= 0.3 is 0 Å². The SMILES string of the molecule is Cl.O=C(CCNC(=O)C1CCCCN1)Nc1ccccc1. The predicted octanol–water partition coefficient (Wildman–Crippen LogP) is 1.70. The molecule has 5 nitrogen and oxygen atoms in total. The van der Waals surface area contributed by atoms with Gasteiger partial charge < -0.3 is 16.0 Å². The fourth-order valence-electron chi connectivity index (χ4n) is 2.24. The fraction of sp³-hybridized carbons (Fsp3) is 0.467.